The van der Waals surface area contributed by atoms with Gasteiger partial charge in [-0.2, -0.15) is 0 Å². The summed E-state index contributed by atoms with van der Waals surface area (Å²) in [6, 6.07) is 9.89. The Morgan fingerprint density at radius 1 is 1.24 bits per heavy atom. The third-order valence-corrected chi connectivity index (χ3v) is 6.00. The molecule has 0 aliphatic carbocycles. The predicted octanol–water partition coefficient (Wildman–Crippen LogP) is 3.13. The number of rotatable bonds is 6. The van der Waals surface area contributed by atoms with Crippen LogP contribution in [0.1, 0.15) is 21.5 Å². The molecule has 0 bridgehead atoms. The fourth-order valence-electron chi connectivity index (χ4n) is 1.75. The van der Waals surface area contributed by atoms with Crippen LogP contribution in [-0.4, -0.2) is 20.7 Å². The lowest BCUT2D eigenvalue weighted by Gasteiger charge is -2.07. The van der Waals surface area contributed by atoms with E-state index in [0.29, 0.717) is 11.3 Å². The maximum Gasteiger partial charge on any atom is 0.242 e. The SMILES string of the molecule is CC(=O)c1ccc(CCNS(=O)(=O)c2ccccc2Cl)s1. The van der Waals surface area contributed by atoms with Crippen LogP contribution < -0.4 is 4.72 Å². The standard InChI is InChI=1S/C14H14ClNO3S2/c1-10(17)13-7-6-11(20-13)8-9-16-21(18,19)14-5-3-2-4-12(14)15/h2-7,16H,8-9H2,1H3. The molecule has 0 saturated heterocycles. The number of ketones is 1. The fourth-order valence-corrected chi connectivity index (χ4v) is 4.20. The summed E-state index contributed by atoms with van der Waals surface area (Å²) in [5.74, 6) is 0.0166. The monoisotopic (exact) mass is 343 g/mol. The number of benzene rings is 1. The van der Waals surface area contributed by atoms with Crippen LogP contribution in [0.25, 0.3) is 0 Å². The van der Waals surface area contributed by atoms with Gasteiger partial charge in [0.1, 0.15) is 4.90 Å². The number of Topliss-reactive ketones (excluding diaryl/α,β-unsaturated/α-hetero) is 1. The van der Waals surface area contributed by atoms with Gasteiger partial charge in [0.2, 0.25) is 10.0 Å². The maximum absolute atomic E-state index is 12.1. The number of carbonyl (C=O) groups is 1. The summed E-state index contributed by atoms with van der Waals surface area (Å²) in [7, 11) is -3.61. The average molecular weight is 344 g/mol. The smallest absolute Gasteiger partial charge is 0.242 e. The van der Waals surface area contributed by atoms with Crippen molar-refractivity contribution < 1.29 is 13.2 Å². The molecule has 0 unspecified atom stereocenters. The second-order valence-electron chi connectivity index (χ2n) is 4.40. The number of carbonyl (C=O) groups excluding carboxylic acids is 1. The molecule has 0 atom stereocenters. The zero-order valence-corrected chi connectivity index (χ0v) is 13.7. The van der Waals surface area contributed by atoms with E-state index in [2.05, 4.69) is 4.72 Å². The second-order valence-corrected chi connectivity index (χ2v) is 7.71. The molecule has 1 aromatic heterocycles. The summed E-state index contributed by atoms with van der Waals surface area (Å²) in [4.78, 5) is 12.9. The van der Waals surface area contributed by atoms with Gasteiger partial charge in [-0.15, -0.1) is 11.3 Å². The van der Waals surface area contributed by atoms with Crippen LogP contribution >= 0.6 is 22.9 Å². The Hall–Kier alpha value is -1.21. The minimum absolute atomic E-state index is 0.0166. The van der Waals surface area contributed by atoms with Crippen LogP contribution in [0.5, 0.6) is 0 Å². The first-order chi connectivity index (χ1) is 9.90. The zero-order valence-electron chi connectivity index (χ0n) is 11.3. The van der Waals surface area contributed by atoms with Gasteiger partial charge < -0.3 is 0 Å². The van der Waals surface area contributed by atoms with Crippen LogP contribution in [0.15, 0.2) is 41.3 Å². The summed E-state index contributed by atoms with van der Waals surface area (Å²) in [6.07, 6.45) is 0.529. The quantitative estimate of drug-likeness (QED) is 0.819. The summed E-state index contributed by atoms with van der Waals surface area (Å²) < 4.78 is 26.7. The molecule has 0 saturated carbocycles. The van der Waals surface area contributed by atoms with E-state index in [0.717, 1.165) is 4.88 Å². The third-order valence-electron chi connectivity index (χ3n) is 2.80. The van der Waals surface area contributed by atoms with E-state index in [1.54, 1.807) is 18.2 Å². The molecule has 2 rings (SSSR count). The number of sulfonamides is 1. The molecule has 0 aliphatic heterocycles. The van der Waals surface area contributed by atoms with E-state index in [9.17, 15) is 13.2 Å². The normalized spacial score (nSPS) is 11.5. The van der Waals surface area contributed by atoms with Crippen molar-refractivity contribution in [3.8, 4) is 0 Å². The minimum atomic E-state index is -3.61. The van der Waals surface area contributed by atoms with E-state index in [4.69, 9.17) is 11.6 Å². The second kappa shape index (κ2) is 6.70. The highest BCUT2D eigenvalue weighted by Crippen LogP contribution is 2.21. The molecule has 0 radical (unpaired) electrons. The van der Waals surface area contributed by atoms with Crippen molar-refractivity contribution in [3.63, 3.8) is 0 Å². The highest BCUT2D eigenvalue weighted by molar-refractivity contribution is 7.89. The van der Waals surface area contributed by atoms with Crippen molar-refractivity contribution in [2.75, 3.05) is 6.54 Å². The molecule has 1 aromatic carbocycles. The highest BCUT2D eigenvalue weighted by Gasteiger charge is 2.16. The fraction of sp³-hybridized carbons (Fsp3) is 0.214. The summed E-state index contributed by atoms with van der Waals surface area (Å²) in [5.41, 5.74) is 0. The van der Waals surface area contributed by atoms with Crippen LogP contribution in [0.3, 0.4) is 0 Å². The Balaban J connectivity index is 1.99. The van der Waals surface area contributed by atoms with Gasteiger partial charge in [0.05, 0.1) is 9.90 Å². The first kappa shape index (κ1) is 16.2. The predicted molar refractivity (Wildman–Crippen MR) is 84.7 cm³/mol. The largest absolute Gasteiger partial charge is 0.294 e. The lowest BCUT2D eigenvalue weighted by atomic mass is 10.3. The third kappa shape index (κ3) is 4.14. The van der Waals surface area contributed by atoms with Gasteiger partial charge in [0.25, 0.3) is 0 Å². The van der Waals surface area contributed by atoms with Crippen molar-refractivity contribution in [2.24, 2.45) is 0 Å². The maximum atomic E-state index is 12.1. The van der Waals surface area contributed by atoms with Crippen LogP contribution in [-0.2, 0) is 16.4 Å². The number of hydrogen-bond acceptors (Lipinski definition) is 4. The Bertz CT molecular complexity index is 753. The van der Waals surface area contributed by atoms with Crippen molar-refractivity contribution in [1.29, 1.82) is 0 Å². The Kier molecular flexibility index (Phi) is 5.16. The molecular weight excluding hydrogens is 330 g/mol. The van der Waals surface area contributed by atoms with Crippen molar-refractivity contribution in [3.05, 3.63) is 51.2 Å². The van der Waals surface area contributed by atoms with E-state index < -0.39 is 10.0 Å². The lowest BCUT2D eigenvalue weighted by Crippen LogP contribution is -2.26. The van der Waals surface area contributed by atoms with Crippen molar-refractivity contribution in [2.45, 2.75) is 18.2 Å². The molecule has 4 nitrogen and oxygen atoms in total. The topological polar surface area (TPSA) is 63.2 Å². The van der Waals surface area contributed by atoms with Gasteiger partial charge in [0.15, 0.2) is 5.78 Å². The molecule has 0 fully saturated rings. The van der Waals surface area contributed by atoms with E-state index in [-0.39, 0.29) is 22.2 Å². The van der Waals surface area contributed by atoms with E-state index in [1.807, 2.05) is 6.07 Å². The first-order valence-electron chi connectivity index (χ1n) is 6.24. The van der Waals surface area contributed by atoms with E-state index >= 15 is 0 Å². The van der Waals surface area contributed by atoms with Gasteiger partial charge in [-0.05, 0) is 37.6 Å². The molecule has 0 spiro atoms. The van der Waals surface area contributed by atoms with Gasteiger partial charge in [-0.3, -0.25) is 4.79 Å². The molecule has 21 heavy (non-hydrogen) atoms. The van der Waals surface area contributed by atoms with Gasteiger partial charge in [0, 0.05) is 11.4 Å². The molecule has 1 heterocycles. The zero-order chi connectivity index (χ0) is 15.5. The minimum Gasteiger partial charge on any atom is -0.294 e. The van der Waals surface area contributed by atoms with Crippen molar-refractivity contribution in [1.82, 2.24) is 4.72 Å². The van der Waals surface area contributed by atoms with Gasteiger partial charge in [-0.1, -0.05) is 23.7 Å². The molecule has 0 amide bonds. The van der Waals surface area contributed by atoms with Crippen molar-refractivity contribution >= 4 is 38.7 Å². The number of halogens is 1. The molecule has 2 aromatic rings. The summed E-state index contributed by atoms with van der Waals surface area (Å²) >= 11 is 7.27. The summed E-state index contributed by atoms with van der Waals surface area (Å²) in [6.45, 7) is 1.77. The number of thiophene rings is 1. The van der Waals surface area contributed by atoms with Gasteiger partial charge >= 0.3 is 0 Å². The average Bonchev–Trinajstić information content (AvgIpc) is 2.88. The van der Waals surface area contributed by atoms with E-state index in [1.165, 1.54) is 30.4 Å². The molecule has 0 aliphatic rings. The number of nitrogens with one attached hydrogen (secondary N) is 1. The molecular formula is C14H14ClNO3S2. The molecule has 1 N–H and O–H groups in total. The first-order valence-corrected chi connectivity index (χ1v) is 8.92. The lowest BCUT2D eigenvalue weighted by molar-refractivity contribution is 0.102. The highest BCUT2D eigenvalue weighted by atomic mass is 35.5. The van der Waals surface area contributed by atoms with Crippen LogP contribution in [0.2, 0.25) is 5.02 Å². The van der Waals surface area contributed by atoms with Crippen LogP contribution in [0, 0.1) is 0 Å². The Morgan fingerprint density at radius 2 is 1.95 bits per heavy atom. The molecule has 7 heteroatoms. The summed E-state index contributed by atoms with van der Waals surface area (Å²) in [5, 5.41) is 0.194. The Labute approximate surface area is 132 Å². The Morgan fingerprint density at radius 3 is 2.57 bits per heavy atom. The van der Waals surface area contributed by atoms with Crippen LogP contribution in [0.4, 0.5) is 0 Å². The number of hydrogen-bond donors (Lipinski definition) is 1. The van der Waals surface area contributed by atoms with Gasteiger partial charge in [-0.25, -0.2) is 13.1 Å². The molecule has 112 valence electrons.